The van der Waals surface area contributed by atoms with Crippen molar-refractivity contribution in [2.75, 3.05) is 18.5 Å². The van der Waals surface area contributed by atoms with Crippen LogP contribution < -0.4 is 11.1 Å². The highest BCUT2D eigenvalue weighted by Gasteiger charge is 2.12. The van der Waals surface area contributed by atoms with Crippen LogP contribution >= 0.6 is 0 Å². The molecule has 92 valence electrons. The number of carbonyl (C=O) groups is 1. The van der Waals surface area contributed by atoms with Crippen LogP contribution in [-0.4, -0.2) is 33.9 Å². The average Bonchev–Trinajstić information content (AvgIpc) is 2.70. The minimum absolute atomic E-state index is 0.113. The van der Waals surface area contributed by atoms with E-state index in [0.29, 0.717) is 25.2 Å². The third-order valence-corrected chi connectivity index (χ3v) is 2.14. The fraction of sp³-hybridized carbons (Fsp3) is 0.500. The molecule has 0 aliphatic rings. The van der Waals surface area contributed by atoms with Crippen molar-refractivity contribution in [2.45, 2.75) is 19.4 Å². The maximum absolute atomic E-state index is 11.5. The first kappa shape index (κ1) is 13.2. The molecule has 0 aliphatic carbocycles. The summed E-state index contributed by atoms with van der Waals surface area (Å²) in [5.74, 6) is 0.107. The molecule has 1 amide bonds. The largest absolute Gasteiger partial charge is 0.394 e. The molecule has 0 saturated heterocycles. The van der Waals surface area contributed by atoms with Gasteiger partial charge in [0.1, 0.15) is 17.5 Å². The molecule has 7 heteroatoms. The Labute approximate surface area is 98.8 Å². The number of nitriles is 1. The monoisotopic (exact) mass is 237 g/mol. The van der Waals surface area contributed by atoms with E-state index in [0.717, 1.165) is 0 Å². The van der Waals surface area contributed by atoms with Gasteiger partial charge in [0.2, 0.25) is 5.91 Å². The molecule has 1 rings (SSSR count). The summed E-state index contributed by atoms with van der Waals surface area (Å²) in [7, 11) is 0. The Balaban J connectivity index is 2.77. The van der Waals surface area contributed by atoms with Gasteiger partial charge in [-0.2, -0.15) is 10.4 Å². The lowest BCUT2D eigenvalue weighted by molar-refractivity contribution is -0.116. The van der Waals surface area contributed by atoms with Gasteiger partial charge in [-0.25, -0.2) is 4.68 Å². The molecule has 7 nitrogen and oxygen atoms in total. The summed E-state index contributed by atoms with van der Waals surface area (Å²) in [4.78, 5) is 11.5. The second kappa shape index (κ2) is 6.62. The lowest BCUT2D eigenvalue weighted by Crippen LogP contribution is -2.18. The molecule has 0 saturated carbocycles. The molecular formula is C10H15N5O2. The topological polar surface area (TPSA) is 117 Å². The van der Waals surface area contributed by atoms with Gasteiger partial charge in [-0.05, 0) is 13.0 Å². The third kappa shape index (κ3) is 3.55. The zero-order valence-electron chi connectivity index (χ0n) is 9.39. The minimum atomic E-state index is -0.216. The van der Waals surface area contributed by atoms with Gasteiger partial charge in [-0.1, -0.05) is 0 Å². The first-order chi connectivity index (χ1) is 8.22. The molecule has 0 atom stereocenters. The van der Waals surface area contributed by atoms with Crippen molar-refractivity contribution in [3.8, 4) is 6.07 Å². The Morgan fingerprint density at radius 2 is 2.47 bits per heavy atom. The number of anilines is 1. The van der Waals surface area contributed by atoms with Crippen molar-refractivity contribution in [2.24, 2.45) is 5.73 Å². The van der Waals surface area contributed by atoms with E-state index in [4.69, 9.17) is 16.1 Å². The summed E-state index contributed by atoms with van der Waals surface area (Å²) < 4.78 is 1.39. The number of rotatable bonds is 6. The fourth-order valence-corrected chi connectivity index (χ4v) is 1.32. The van der Waals surface area contributed by atoms with E-state index >= 15 is 0 Å². The van der Waals surface area contributed by atoms with Crippen LogP contribution in [0.4, 0.5) is 5.82 Å². The molecule has 17 heavy (non-hydrogen) atoms. The van der Waals surface area contributed by atoms with Gasteiger partial charge in [-0.3, -0.25) is 4.79 Å². The van der Waals surface area contributed by atoms with E-state index in [9.17, 15) is 4.79 Å². The SMILES string of the molecule is N#Cc1cnn(CCO)c1NC(=O)CCCN. The van der Waals surface area contributed by atoms with Gasteiger partial charge in [0.25, 0.3) is 0 Å². The number of hydrogen-bond donors (Lipinski definition) is 3. The zero-order chi connectivity index (χ0) is 12.7. The normalized spacial score (nSPS) is 9.94. The summed E-state index contributed by atoms with van der Waals surface area (Å²) in [6.07, 6.45) is 2.24. The molecule has 4 N–H and O–H groups in total. The average molecular weight is 237 g/mol. The number of hydrogen-bond acceptors (Lipinski definition) is 5. The van der Waals surface area contributed by atoms with Gasteiger partial charge >= 0.3 is 0 Å². The van der Waals surface area contributed by atoms with Crippen LogP contribution in [0.1, 0.15) is 18.4 Å². The van der Waals surface area contributed by atoms with Crippen molar-refractivity contribution in [1.29, 1.82) is 5.26 Å². The molecule has 0 radical (unpaired) electrons. The summed E-state index contributed by atoms with van der Waals surface area (Å²) in [5, 5.41) is 24.2. The number of amides is 1. The molecule has 0 bridgehead atoms. The predicted octanol–water partition coefficient (Wildman–Crippen LogP) is -0.576. The minimum Gasteiger partial charge on any atom is -0.394 e. The molecule has 0 aliphatic heterocycles. The lowest BCUT2D eigenvalue weighted by Gasteiger charge is -2.07. The summed E-state index contributed by atoms with van der Waals surface area (Å²) >= 11 is 0. The zero-order valence-corrected chi connectivity index (χ0v) is 9.39. The number of nitrogens with one attached hydrogen (secondary N) is 1. The quantitative estimate of drug-likeness (QED) is 0.612. The number of nitrogens with two attached hydrogens (primary N) is 1. The van der Waals surface area contributed by atoms with Gasteiger partial charge in [0, 0.05) is 6.42 Å². The number of nitrogens with zero attached hydrogens (tertiary/aromatic N) is 3. The lowest BCUT2D eigenvalue weighted by atomic mass is 10.3. The first-order valence-corrected chi connectivity index (χ1v) is 5.29. The Morgan fingerprint density at radius 3 is 3.06 bits per heavy atom. The number of carbonyl (C=O) groups excluding carboxylic acids is 1. The molecule has 1 aromatic heterocycles. The maximum atomic E-state index is 11.5. The fourth-order valence-electron chi connectivity index (χ4n) is 1.32. The van der Waals surface area contributed by atoms with Crippen molar-refractivity contribution >= 4 is 11.7 Å². The third-order valence-electron chi connectivity index (χ3n) is 2.14. The predicted molar refractivity (Wildman–Crippen MR) is 60.9 cm³/mol. The Bertz CT molecular complexity index is 421. The van der Waals surface area contributed by atoms with Gasteiger partial charge in [0.05, 0.1) is 19.3 Å². The number of aliphatic hydroxyl groups excluding tert-OH is 1. The van der Waals surface area contributed by atoms with E-state index in [2.05, 4.69) is 10.4 Å². The molecule has 0 unspecified atom stereocenters. The summed E-state index contributed by atoms with van der Waals surface area (Å²) in [6.45, 7) is 0.556. The summed E-state index contributed by atoms with van der Waals surface area (Å²) in [6, 6.07) is 1.93. The van der Waals surface area contributed by atoms with Gasteiger partial charge in [-0.15, -0.1) is 0 Å². The van der Waals surface area contributed by atoms with Crippen molar-refractivity contribution in [3.63, 3.8) is 0 Å². The first-order valence-electron chi connectivity index (χ1n) is 5.29. The van der Waals surface area contributed by atoms with E-state index in [1.807, 2.05) is 6.07 Å². The van der Waals surface area contributed by atoms with Crippen LogP contribution in [0.25, 0.3) is 0 Å². The van der Waals surface area contributed by atoms with Gasteiger partial charge in [0.15, 0.2) is 0 Å². The Hall–Kier alpha value is -1.91. The molecular weight excluding hydrogens is 222 g/mol. The Kier molecular flexibility index (Phi) is 5.13. The molecule has 0 spiro atoms. The number of aliphatic hydroxyl groups is 1. The number of aromatic nitrogens is 2. The highest BCUT2D eigenvalue weighted by molar-refractivity contribution is 5.91. The molecule has 1 aromatic rings. The van der Waals surface area contributed by atoms with Crippen molar-refractivity contribution in [3.05, 3.63) is 11.8 Å². The van der Waals surface area contributed by atoms with Crippen molar-refractivity contribution in [1.82, 2.24) is 9.78 Å². The molecule has 1 heterocycles. The highest BCUT2D eigenvalue weighted by Crippen LogP contribution is 2.14. The van der Waals surface area contributed by atoms with E-state index in [1.54, 1.807) is 0 Å². The van der Waals surface area contributed by atoms with E-state index < -0.39 is 0 Å². The van der Waals surface area contributed by atoms with Crippen LogP contribution in [0.15, 0.2) is 6.20 Å². The van der Waals surface area contributed by atoms with Crippen LogP contribution in [0, 0.1) is 11.3 Å². The molecule has 0 aromatic carbocycles. The smallest absolute Gasteiger partial charge is 0.225 e. The van der Waals surface area contributed by atoms with E-state index in [1.165, 1.54) is 10.9 Å². The highest BCUT2D eigenvalue weighted by atomic mass is 16.3. The van der Waals surface area contributed by atoms with Crippen molar-refractivity contribution < 1.29 is 9.90 Å². The second-order valence-electron chi connectivity index (χ2n) is 3.41. The maximum Gasteiger partial charge on any atom is 0.225 e. The standard InChI is InChI=1S/C10H15N5O2/c11-3-1-2-9(17)14-10-8(6-12)7-13-15(10)4-5-16/h7,16H,1-5,11H2,(H,14,17). The van der Waals surface area contributed by atoms with Crippen LogP contribution in [-0.2, 0) is 11.3 Å². The second-order valence-corrected chi connectivity index (χ2v) is 3.41. The van der Waals surface area contributed by atoms with Crippen LogP contribution in [0.2, 0.25) is 0 Å². The molecule has 0 fully saturated rings. The van der Waals surface area contributed by atoms with Crippen LogP contribution in [0.3, 0.4) is 0 Å². The summed E-state index contributed by atoms with van der Waals surface area (Å²) in [5.41, 5.74) is 5.58. The van der Waals surface area contributed by atoms with Crippen LogP contribution in [0.5, 0.6) is 0 Å². The van der Waals surface area contributed by atoms with E-state index in [-0.39, 0.29) is 24.6 Å². The van der Waals surface area contributed by atoms with Gasteiger partial charge < -0.3 is 16.2 Å². The Morgan fingerprint density at radius 1 is 1.71 bits per heavy atom.